The summed E-state index contributed by atoms with van der Waals surface area (Å²) in [5.41, 5.74) is 3.82. The molecule has 0 saturated carbocycles. The summed E-state index contributed by atoms with van der Waals surface area (Å²) in [7, 11) is 0. The van der Waals surface area contributed by atoms with Gasteiger partial charge in [0, 0.05) is 12.6 Å². The molecule has 0 heterocycles. The zero-order valence-corrected chi connectivity index (χ0v) is 10.5. The fraction of sp³-hybridized carbons (Fsp3) is 0.429. The van der Waals surface area contributed by atoms with E-state index in [9.17, 15) is 4.79 Å². The minimum Gasteiger partial charge on any atom is -0.273 e. The fourth-order valence-electron chi connectivity index (χ4n) is 1.47. The average molecular weight is 232 g/mol. The van der Waals surface area contributed by atoms with E-state index in [1.807, 2.05) is 32.0 Å². The van der Waals surface area contributed by atoms with Crippen molar-refractivity contribution in [1.29, 1.82) is 0 Å². The number of nitrogens with zero attached hydrogens (tertiary/aromatic N) is 1. The third-order valence-corrected chi connectivity index (χ3v) is 2.28. The number of carbonyl (C=O) groups is 1. The first-order chi connectivity index (χ1) is 8.18. The van der Waals surface area contributed by atoms with Gasteiger partial charge in [0.2, 0.25) is 5.91 Å². The van der Waals surface area contributed by atoms with Gasteiger partial charge in [0.25, 0.3) is 0 Å². The third kappa shape index (κ3) is 6.51. The zero-order valence-electron chi connectivity index (χ0n) is 10.5. The summed E-state index contributed by atoms with van der Waals surface area (Å²) >= 11 is 0. The van der Waals surface area contributed by atoms with Gasteiger partial charge in [-0.15, -0.1) is 0 Å². The molecule has 0 aliphatic heterocycles. The van der Waals surface area contributed by atoms with Gasteiger partial charge < -0.3 is 0 Å². The predicted octanol–water partition coefficient (Wildman–Crippen LogP) is 2.77. The number of hydrogen-bond donors (Lipinski definition) is 1. The van der Waals surface area contributed by atoms with Crippen LogP contribution in [0.15, 0.2) is 35.4 Å². The topological polar surface area (TPSA) is 41.5 Å². The second-order valence-corrected chi connectivity index (χ2v) is 4.47. The molecular formula is C14H20N2O. The normalized spacial score (nSPS) is 11.0. The van der Waals surface area contributed by atoms with Gasteiger partial charge in [0.1, 0.15) is 0 Å². The van der Waals surface area contributed by atoms with Gasteiger partial charge in [0.05, 0.1) is 0 Å². The second-order valence-electron chi connectivity index (χ2n) is 4.47. The number of nitrogens with one attached hydrogen (secondary N) is 1. The Morgan fingerprint density at radius 2 is 2.06 bits per heavy atom. The number of rotatable bonds is 6. The average Bonchev–Trinajstić information content (AvgIpc) is 2.29. The van der Waals surface area contributed by atoms with Crippen molar-refractivity contribution in [3.63, 3.8) is 0 Å². The number of carbonyl (C=O) groups excluding carboxylic acids is 1. The Kier molecular flexibility index (Phi) is 6.00. The van der Waals surface area contributed by atoms with Crippen LogP contribution in [0.3, 0.4) is 0 Å². The summed E-state index contributed by atoms with van der Waals surface area (Å²) in [4.78, 5) is 11.3. The van der Waals surface area contributed by atoms with Gasteiger partial charge in [-0.3, -0.25) is 4.79 Å². The SMILES string of the molecule is CC(C)CC(=O)NN=CCCc1ccccc1. The highest BCUT2D eigenvalue weighted by atomic mass is 16.2. The molecule has 1 N–H and O–H groups in total. The Labute approximate surface area is 103 Å². The van der Waals surface area contributed by atoms with Crippen LogP contribution in [0, 0.1) is 5.92 Å². The van der Waals surface area contributed by atoms with Crippen LogP contribution in [0.5, 0.6) is 0 Å². The Morgan fingerprint density at radius 1 is 1.35 bits per heavy atom. The zero-order chi connectivity index (χ0) is 12.5. The Bertz CT molecular complexity index is 358. The molecule has 17 heavy (non-hydrogen) atoms. The van der Waals surface area contributed by atoms with Gasteiger partial charge in [0.15, 0.2) is 0 Å². The molecule has 0 aromatic heterocycles. The summed E-state index contributed by atoms with van der Waals surface area (Å²) in [5, 5.41) is 3.91. The maximum Gasteiger partial charge on any atom is 0.240 e. The molecule has 0 radical (unpaired) electrons. The van der Waals surface area contributed by atoms with Crippen molar-refractivity contribution in [2.24, 2.45) is 11.0 Å². The van der Waals surface area contributed by atoms with Gasteiger partial charge in [-0.05, 0) is 24.3 Å². The third-order valence-electron chi connectivity index (χ3n) is 2.28. The van der Waals surface area contributed by atoms with E-state index in [0.29, 0.717) is 12.3 Å². The first-order valence-corrected chi connectivity index (χ1v) is 6.02. The lowest BCUT2D eigenvalue weighted by molar-refractivity contribution is -0.121. The van der Waals surface area contributed by atoms with Crippen LogP contribution in [0.25, 0.3) is 0 Å². The number of hydrazone groups is 1. The molecule has 1 aromatic rings. The lowest BCUT2D eigenvalue weighted by Gasteiger charge is -2.01. The van der Waals surface area contributed by atoms with Crippen molar-refractivity contribution in [3.8, 4) is 0 Å². The van der Waals surface area contributed by atoms with E-state index in [-0.39, 0.29) is 5.91 Å². The summed E-state index contributed by atoms with van der Waals surface area (Å²) in [6, 6.07) is 10.2. The molecule has 1 amide bonds. The van der Waals surface area contributed by atoms with Crippen LogP contribution in [0.1, 0.15) is 32.3 Å². The van der Waals surface area contributed by atoms with Crippen molar-refractivity contribution in [2.45, 2.75) is 33.1 Å². The smallest absolute Gasteiger partial charge is 0.240 e. The van der Waals surface area contributed by atoms with Crippen LogP contribution in [-0.2, 0) is 11.2 Å². The van der Waals surface area contributed by atoms with Gasteiger partial charge in [-0.2, -0.15) is 5.10 Å². The number of aryl methyl sites for hydroxylation is 1. The summed E-state index contributed by atoms with van der Waals surface area (Å²) in [5.74, 6) is 0.352. The van der Waals surface area contributed by atoms with Crippen LogP contribution >= 0.6 is 0 Å². The molecule has 0 unspecified atom stereocenters. The first-order valence-electron chi connectivity index (χ1n) is 6.02. The number of hydrogen-bond acceptors (Lipinski definition) is 2. The first kappa shape index (κ1) is 13.4. The largest absolute Gasteiger partial charge is 0.273 e. The standard InChI is InChI=1S/C14H20N2O/c1-12(2)11-14(17)16-15-10-6-9-13-7-4-3-5-8-13/h3-5,7-8,10,12H,6,9,11H2,1-2H3,(H,16,17). The van der Waals surface area contributed by atoms with Crippen molar-refractivity contribution in [1.82, 2.24) is 5.43 Å². The highest BCUT2D eigenvalue weighted by Gasteiger charge is 2.01. The van der Waals surface area contributed by atoms with Crippen LogP contribution < -0.4 is 5.43 Å². The van der Waals surface area contributed by atoms with Crippen LogP contribution in [0.4, 0.5) is 0 Å². The fourth-order valence-corrected chi connectivity index (χ4v) is 1.47. The Balaban J connectivity index is 2.16. The van der Waals surface area contributed by atoms with E-state index < -0.39 is 0 Å². The molecule has 92 valence electrons. The molecule has 0 aliphatic carbocycles. The highest BCUT2D eigenvalue weighted by Crippen LogP contribution is 2.01. The van der Waals surface area contributed by atoms with E-state index >= 15 is 0 Å². The van der Waals surface area contributed by atoms with E-state index in [0.717, 1.165) is 12.8 Å². The molecule has 1 rings (SSSR count). The number of benzene rings is 1. The molecular weight excluding hydrogens is 212 g/mol. The van der Waals surface area contributed by atoms with E-state index in [1.165, 1.54) is 5.56 Å². The predicted molar refractivity (Wildman–Crippen MR) is 70.9 cm³/mol. The van der Waals surface area contributed by atoms with Crippen molar-refractivity contribution in [2.75, 3.05) is 0 Å². The van der Waals surface area contributed by atoms with Gasteiger partial charge in [-0.25, -0.2) is 5.43 Å². The lowest BCUT2D eigenvalue weighted by Crippen LogP contribution is -2.18. The lowest BCUT2D eigenvalue weighted by atomic mass is 10.1. The van der Waals surface area contributed by atoms with Crippen molar-refractivity contribution >= 4 is 12.1 Å². The van der Waals surface area contributed by atoms with E-state index in [2.05, 4.69) is 22.7 Å². The summed E-state index contributed by atoms with van der Waals surface area (Å²) < 4.78 is 0. The van der Waals surface area contributed by atoms with Crippen molar-refractivity contribution < 1.29 is 4.79 Å². The molecule has 0 atom stereocenters. The van der Waals surface area contributed by atoms with Gasteiger partial charge in [-0.1, -0.05) is 44.2 Å². The molecule has 0 spiro atoms. The maximum absolute atomic E-state index is 11.3. The van der Waals surface area contributed by atoms with Gasteiger partial charge >= 0.3 is 0 Å². The highest BCUT2D eigenvalue weighted by molar-refractivity contribution is 5.76. The monoisotopic (exact) mass is 232 g/mol. The molecule has 1 aromatic carbocycles. The van der Waals surface area contributed by atoms with E-state index in [4.69, 9.17) is 0 Å². The molecule has 3 nitrogen and oxygen atoms in total. The molecule has 0 aliphatic rings. The van der Waals surface area contributed by atoms with E-state index in [1.54, 1.807) is 6.21 Å². The Morgan fingerprint density at radius 3 is 2.71 bits per heavy atom. The van der Waals surface area contributed by atoms with Crippen molar-refractivity contribution in [3.05, 3.63) is 35.9 Å². The maximum atomic E-state index is 11.3. The van der Waals surface area contributed by atoms with Crippen LogP contribution in [0.2, 0.25) is 0 Å². The number of amides is 1. The molecule has 0 bridgehead atoms. The minimum atomic E-state index is -0.0176. The minimum absolute atomic E-state index is 0.0176. The molecule has 0 saturated heterocycles. The second kappa shape index (κ2) is 7.60. The van der Waals surface area contributed by atoms with Crippen LogP contribution in [-0.4, -0.2) is 12.1 Å². The Hall–Kier alpha value is -1.64. The molecule has 0 fully saturated rings. The summed E-state index contributed by atoms with van der Waals surface area (Å²) in [6.07, 6.45) is 4.07. The molecule has 3 heteroatoms. The quantitative estimate of drug-likeness (QED) is 0.594. The summed E-state index contributed by atoms with van der Waals surface area (Å²) in [6.45, 7) is 4.03.